The maximum Gasteiger partial charge on any atom is 0.254 e. The van der Waals surface area contributed by atoms with Crippen molar-refractivity contribution in [2.24, 2.45) is 5.92 Å². The molecule has 4 heteroatoms. The number of likely N-dealkylation sites (tertiary alicyclic amines) is 1. The fraction of sp³-hybridized carbons (Fsp3) is 0.500. The van der Waals surface area contributed by atoms with Gasteiger partial charge in [-0.1, -0.05) is 6.07 Å². The molecular formula is C14H19NO3. The van der Waals surface area contributed by atoms with Crippen LogP contribution in [0.3, 0.4) is 0 Å². The first-order valence-corrected chi connectivity index (χ1v) is 6.32. The number of phenolic OH excluding ortho intramolecular Hbond substituents is 1. The molecule has 1 aromatic carbocycles. The Morgan fingerprint density at radius 1 is 1.50 bits per heavy atom. The standard InChI is InChI=1S/C14H19NO3/c1-10-12(3-2-4-13(10)17)14(18)15-7-5-11(9-15)6-8-16/h2-4,11,16-17H,5-9H2,1H3. The number of hydrogen-bond donors (Lipinski definition) is 2. The molecule has 98 valence electrons. The smallest absolute Gasteiger partial charge is 0.254 e. The maximum atomic E-state index is 12.3. The normalized spacial score (nSPS) is 19.2. The molecule has 0 aromatic heterocycles. The molecule has 0 aliphatic carbocycles. The van der Waals surface area contributed by atoms with Gasteiger partial charge < -0.3 is 15.1 Å². The molecule has 1 heterocycles. The molecule has 2 rings (SSSR count). The van der Waals surface area contributed by atoms with E-state index in [-0.39, 0.29) is 18.3 Å². The Morgan fingerprint density at radius 2 is 2.28 bits per heavy atom. The van der Waals surface area contributed by atoms with Gasteiger partial charge in [-0.05, 0) is 37.8 Å². The quantitative estimate of drug-likeness (QED) is 0.854. The average Bonchev–Trinajstić information content (AvgIpc) is 2.81. The van der Waals surface area contributed by atoms with Gasteiger partial charge in [0.1, 0.15) is 5.75 Å². The number of amides is 1. The third-order valence-corrected chi connectivity index (χ3v) is 3.65. The topological polar surface area (TPSA) is 60.8 Å². The van der Waals surface area contributed by atoms with Gasteiger partial charge in [-0.2, -0.15) is 0 Å². The highest BCUT2D eigenvalue weighted by Crippen LogP contribution is 2.25. The van der Waals surface area contributed by atoms with Gasteiger partial charge in [-0.25, -0.2) is 0 Å². The zero-order chi connectivity index (χ0) is 13.1. The lowest BCUT2D eigenvalue weighted by Gasteiger charge is -2.18. The summed E-state index contributed by atoms with van der Waals surface area (Å²) in [5, 5.41) is 18.5. The summed E-state index contributed by atoms with van der Waals surface area (Å²) in [4.78, 5) is 14.1. The lowest BCUT2D eigenvalue weighted by Crippen LogP contribution is -2.29. The van der Waals surface area contributed by atoms with Gasteiger partial charge >= 0.3 is 0 Å². The van der Waals surface area contributed by atoms with Gasteiger partial charge in [0.2, 0.25) is 0 Å². The number of benzene rings is 1. The summed E-state index contributed by atoms with van der Waals surface area (Å²) in [5.74, 6) is 0.535. The van der Waals surface area contributed by atoms with Crippen molar-refractivity contribution in [1.82, 2.24) is 4.90 Å². The van der Waals surface area contributed by atoms with Gasteiger partial charge in [0.25, 0.3) is 5.91 Å². The molecular weight excluding hydrogens is 230 g/mol. The zero-order valence-corrected chi connectivity index (χ0v) is 10.6. The van der Waals surface area contributed by atoms with Crippen LogP contribution in [-0.4, -0.2) is 40.7 Å². The molecule has 2 N–H and O–H groups in total. The van der Waals surface area contributed by atoms with E-state index in [2.05, 4.69) is 0 Å². The first-order valence-electron chi connectivity index (χ1n) is 6.32. The van der Waals surface area contributed by atoms with Crippen LogP contribution in [0.4, 0.5) is 0 Å². The summed E-state index contributed by atoms with van der Waals surface area (Å²) < 4.78 is 0. The Morgan fingerprint density at radius 3 is 3.00 bits per heavy atom. The molecule has 4 nitrogen and oxygen atoms in total. The molecule has 18 heavy (non-hydrogen) atoms. The lowest BCUT2D eigenvalue weighted by molar-refractivity contribution is 0.0783. The van der Waals surface area contributed by atoms with E-state index in [0.29, 0.717) is 23.6 Å². The van der Waals surface area contributed by atoms with E-state index in [0.717, 1.165) is 19.4 Å². The Hall–Kier alpha value is -1.55. The third kappa shape index (κ3) is 2.48. The Kier molecular flexibility index (Phi) is 3.87. The first kappa shape index (κ1) is 12.9. The van der Waals surface area contributed by atoms with Crippen molar-refractivity contribution in [2.75, 3.05) is 19.7 Å². The summed E-state index contributed by atoms with van der Waals surface area (Å²) in [5.41, 5.74) is 1.20. The minimum atomic E-state index is -0.0242. The van der Waals surface area contributed by atoms with E-state index < -0.39 is 0 Å². The molecule has 1 aliphatic rings. The van der Waals surface area contributed by atoms with Crippen molar-refractivity contribution in [3.8, 4) is 5.75 Å². The average molecular weight is 249 g/mol. The summed E-state index contributed by atoms with van der Waals surface area (Å²) in [6.45, 7) is 3.37. The van der Waals surface area contributed by atoms with Crippen LogP contribution in [0.5, 0.6) is 5.75 Å². The van der Waals surface area contributed by atoms with Crippen molar-refractivity contribution < 1.29 is 15.0 Å². The SMILES string of the molecule is Cc1c(O)cccc1C(=O)N1CCC(CCO)C1. The second kappa shape index (κ2) is 5.40. The van der Waals surface area contributed by atoms with Crippen LogP contribution >= 0.6 is 0 Å². The second-order valence-electron chi connectivity index (χ2n) is 4.87. The molecule has 1 fully saturated rings. The molecule has 1 aliphatic heterocycles. The maximum absolute atomic E-state index is 12.3. The van der Waals surface area contributed by atoms with Crippen LogP contribution in [-0.2, 0) is 0 Å². The Bertz CT molecular complexity index is 445. The fourth-order valence-corrected chi connectivity index (χ4v) is 2.46. The summed E-state index contributed by atoms with van der Waals surface area (Å²) in [6, 6.07) is 5.03. The van der Waals surface area contributed by atoms with Crippen LogP contribution in [0.2, 0.25) is 0 Å². The number of nitrogens with zero attached hydrogens (tertiary/aromatic N) is 1. The number of aromatic hydroxyl groups is 1. The summed E-state index contributed by atoms with van der Waals surface area (Å²) in [6.07, 6.45) is 1.70. The van der Waals surface area contributed by atoms with Crippen molar-refractivity contribution in [3.63, 3.8) is 0 Å². The molecule has 1 aromatic rings. The van der Waals surface area contributed by atoms with Crippen LogP contribution < -0.4 is 0 Å². The lowest BCUT2D eigenvalue weighted by atomic mass is 10.1. The molecule has 1 atom stereocenters. The Balaban J connectivity index is 2.11. The van der Waals surface area contributed by atoms with Crippen LogP contribution in [0, 0.1) is 12.8 Å². The second-order valence-corrected chi connectivity index (χ2v) is 4.87. The number of carbonyl (C=O) groups is 1. The van der Waals surface area contributed by atoms with Crippen LogP contribution in [0.25, 0.3) is 0 Å². The van der Waals surface area contributed by atoms with E-state index >= 15 is 0 Å². The highest BCUT2D eigenvalue weighted by molar-refractivity contribution is 5.96. The van der Waals surface area contributed by atoms with E-state index in [1.165, 1.54) is 0 Å². The highest BCUT2D eigenvalue weighted by Gasteiger charge is 2.27. The highest BCUT2D eigenvalue weighted by atomic mass is 16.3. The number of aliphatic hydroxyl groups excluding tert-OH is 1. The van der Waals surface area contributed by atoms with E-state index in [1.807, 2.05) is 4.90 Å². The predicted octanol–water partition coefficient (Wildman–Crippen LogP) is 1.55. The molecule has 1 saturated heterocycles. The van der Waals surface area contributed by atoms with Crippen LogP contribution in [0.1, 0.15) is 28.8 Å². The van der Waals surface area contributed by atoms with Crippen molar-refractivity contribution in [3.05, 3.63) is 29.3 Å². The van der Waals surface area contributed by atoms with Gasteiger partial charge in [0.15, 0.2) is 0 Å². The number of hydrogen-bond acceptors (Lipinski definition) is 3. The number of aliphatic hydroxyl groups is 1. The summed E-state index contributed by atoms with van der Waals surface area (Å²) >= 11 is 0. The monoisotopic (exact) mass is 249 g/mol. The van der Waals surface area contributed by atoms with Crippen molar-refractivity contribution >= 4 is 5.91 Å². The van der Waals surface area contributed by atoms with Gasteiger partial charge in [-0.15, -0.1) is 0 Å². The molecule has 1 unspecified atom stereocenters. The van der Waals surface area contributed by atoms with Crippen molar-refractivity contribution in [1.29, 1.82) is 0 Å². The fourth-order valence-electron chi connectivity index (χ4n) is 2.46. The molecule has 0 spiro atoms. The van der Waals surface area contributed by atoms with E-state index in [9.17, 15) is 9.90 Å². The molecule has 0 saturated carbocycles. The third-order valence-electron chi connectivity index (χ3n) is 3.65. The van der Waals surface area contributed by atoms with Crippen molar-refractivity contribution in [2.45, 2.75) is 19.8 Å². The molecule has 0 bridgehead atoms. The Labute approximate surface area is 107 Å². The minimum absolute atomic E-state index is 0.0242. The first-order chi connectivity index (χ1) is 8.63. The van der Waals surface area contributed by atoms with Crippen LogP contribution in [0.15, 0.2) is 18.2 Å². The van der Waals surface area contributed by atoms with E-state index in [4.69, 9.17) is 5.11 Å². The molecule has 1 amide bonds. The largest absolute Gasteiger partial charge is 0.508 e. The number of rotatable bonds is 3. The minimum Gasteiger partial charge on any atom is -0.508 e. The van der Waals surface area contributed by atoms with Gasteiger partial charge in [0, 0.05) is 30.8 Å². The van der Waals surface area contributed by atoms with Gasteiger partial charge in [0.05, 0.1) is 0 Å². The van der Waals surface area contributed by atoms with Gasteiger partial charge in [-0.3, -0.25) is 4.79 Å². The van der Waals surface area contributed by atoms with E-state index in [1.54, 1.807) is 25.1 Å². The summed E-state index contributed by atoms with van der Waals surface area (Å²) in [7, 11) is 0. The molecule has 0 radical (unpaired) electrons. The zero-order valence-electron chi connectivity index (χ0n) is 10.6. The predicted molar refractivity (Wildman–Crippen MR) is 68.6 cm³/mol. The number of carbonyl (C=O) groups excluding carboxylic acids is 1. The number of phenols is 1.